The second kappa shape index (κ2) is 17.3. The van der Waals surface area contributed by atoms with Crippen LogP contribution in [0.4, 0.5) is 4.39 Å². The van der Waals surface area contributed by atoms with E-state index >= 15 is 0 Å². The Bertz CT molecular complexity index is 1480. The molecule has 9 nitrogen and oxygen atoms in total. The average Bonchev–Trinajstić information content (AvgIpc) is 3.77. The molecule has 3 N–H and O–H groups in total. The number of benzene rings is 3. The van der Waals surface area contributed by atoms with E-state index in [2.05, 4.69) is 28.6 Å². The quantitative estimate of drug-likeness (QED) is 0.202. The van der Waals surface area contributed by atoms with Gasteiger partial charge >= 0.3 is 0 Å². The van der Waals surface area contributed by atoms with Crippen LogP contribution in [0.15, 0.2) is 66.7 Å². The van der Waals surface area contributed by atoms with E-state index in [-0.39, 0.29) is 30.3 Å². The van der Waals surface area contributed by atoms with Crippen LogP contribution in [0, 0.1) is 5.82 Å². The fourth-order valence-corrected chi connectivity index (χ4v) is 7.04. The molecule has 0 spiro atoms. The molecule has 10 heteroatoms. The molecule has 2 aliphatic rings. The Kier molecular flexibility index (Phi) is 12.9. The molecule has 2 amide bonds. The number of nitrogens with zero attached hydrogens (tertiary/aromatic N) is 3. The van der Waals surface area contributed by atoms with Gasteiger partial charge in [0.1, 0.15) is 24.7 Å². The number of fused-ring (bicyclic) bond motifs is 1. The van der Waals surface area contributed by atoms with Crippen LogP contribution < -0.4 is 10.6 Å². The molecule has 2 saturated heterocycles. The summed E-state index contributed by atoms with van der Waals surface area (Å²) >= 11 is 0. The lowest BCUT2D eigenvalue weighted by molar-refractivity contribution is -0.149. The number of aliphatic hydroxyl groups excluding tert-OH is 1. The van der Waals surface area contributed by atoms with Crippen molar-refractivity contribution in [3.05, 3.63) is 83.7 Å². The summed E-state index contributed by atoms with van der Waals surface area (Å²) in [5.74, 6) is -0.921. The van der Waals surface area contributed by atoms with Gasteiger partial charge in [0, 0.05) is 32.6 Å². The van der Waals surface area contributed by atoms with E-state index in [4.69, 9.17) is 4.74 Å². The third-order valence-corrected chi connectivity index (χ3v) is 10.2. The molecule has 2 aliphatic heterocycles. The Labute approximate surface area is 284 Å². The third-order valence-electron chi connectivity index (χ3n) is 10.2. The number of nitrogens with one attached hydrogen (secondary N) is 2. The van der Waals surface area contributed by atoms with Crippen LogP contribution in [0.2, 0.25) is 0 Å². The zero-order valence-electron chi connectivity index (χ0n) is 28.6. The van der Waals surface area contributed by atoms with E-state index in [0.29, 0.717) is 32.0 Å². The van der Waals surface area contributed by atoms with Crippen LogP contribution in [-0.2, 0) is 27.2 Å². The summed E-state index contributed by atoms with van der Waals surface area (Å²) in [6.07, 6.45) is 4.84. The number of hydrogen-bond acceptors (Lipinski definition) is 7. The minimum Gasteiger partial charge on any atom is -0.376 e. The zero-order chi connectivity index (χ0) is 34.0. The smallest absolute Gasteiger partial charge is 0.249 e. The summed E-state index contributed by atoms with van der Waals surface area (Å²) in [7, 11) is 5.46. The molecule has 0 aromatic heterocycles. The molecule has 260 valence electrons. The van der Waals surface area contributed by atoms with Gasteiger partial charge in [-0.15, -0.1) is 0 Å². The highest BCUT2D eigenvalue weighted by molar-refractivity contribution is 5.89. The molecule has 3 aromatic rings. The van der Waals surface area contributed by atoms with Gasteiger partial charge in [-0.05, 0) is 99.2 Å². The van der Waals surface area contributed by atoms with Gasteiger partial charge in [-0.1, -0.05) is 54.6 Å². The van der Waals surface area contributed by atoms with Gasteiger partial charge in [-0.2, -0.15) is 0 Å². The first kappa shape index (κ1) is 35.9. The van der Waals surface area contributed by atoms with Crippen molar-refractivity contribution in [2.24, 2.45) is 0 Å². The maximum atomic E-state index is 14.5. The van der Waals surface area contributed by atoms with E-state index in [9.17, 15) is 19.1 Å². The molecular weight excluding hydrogens is 609 g/mol. The van der Waals surface area contributed by atoms with Crippen molar-refractivity contribution >= 4 is 22.6 Å². The molecule has 2 unspecified atom stereocenters. The van der Waals surface area contributed by atoms with Crippen molar-refractivity contribution < 1.29 is 23.8 Å². The van der Waals surface area contributed by atoms with Gasteiger partial charge in [-0.25, -0.2) is 4.39 Å². The molecule has 2 fully saturated rings. The van der Waals surface area contributed by atoms with Gasteiger partial charge in [0.25, 0.3) is 0 Å². The number of carbonyl (C=O) groups is 2. The normalized spacial score (nSPS) is 20.1. The molecule has 0 aliphatic carbocycles. The Balaban J connectivity index is 1.35. The summed E-state index contributed by atoms with van der Waals surface area (Å²) in [5, 5.41) is 20.3. The molecular formula is C38H52FN5O4. The number of carbonyl (C=O) groups excluding carboxylic acids is 2. The van der Waals surface area contributed by atoms with Crippen molar-refractivity contribution in [2.75, 3.05) is 54.0 Å². The molecule has 2 heterocycles. The molecule has 0 bridgehead atoms. The van der Waals surface area contributed by atoms with Crippen molar-refractivity contribution in [1.29, 1.82) is 0 Å². The number of amides is 2. The highest BCUT2D eigenvalue weighted by atomic mass is 19.1. The number of likely N-dealkylation sites (N-methyl/N-ethyl adjacent to an activating group) is 2. The van der Waals surface area contributed by atoms with Crippen LogP contribution >= 0.6 is 0 Å². The summed E-state index contributed by atoms with van der Waals surface area (Å²) < 4.78 is 19.6. The number of rotatable bonds is 16. The van der Waals surface area contributed by atoms with E-state index < -0.39 is 18.3 Å². The van der Waals surface area contributed by atoms with Crippen molar-refractivity contribution in [1.82, 2.24) is 25.3 Å². The van der Waals surface area contributed by atoms with E-state index in [1.807, 2.05) is 36.4 Å². The SMILES string of the molecule is CN1CCCC1CCNC(O)[C@@H](Cc1ccc(F)cc1)N(C)C(=O)[C@@H](Cc1ccc2ccccc2c1)N(C)C(=O)COC[C@@H]1CCCN1. The Morgan fingerprint density at radius 2 is 1.75 bits per heavy atom. The van der Waals surface area contributed by atoms with Gasteiger partial charge in [-0.3, -0.25) is 14.9 Å². The van der Waals surface area contributed by atoms with E-state index in [1.165, 1.54) is 23.5 Å². The Morgan fingerprint density at radius 1 is 1.00 bits per heavy atom. The third kappa shape index (κ3) is 9.60. The number of likely N-dealkylation sites (tertiary alicyclic amines) is 1. The first-order chi connectivity index (χ1) is 23.2. The lowest BCUT2D eigenvalue weighted by Gasteiger charge is -2.37. The van der Waals surface area contributed by atoms with Crippen molar-refractivity contribution in [2.45, 2.75) is 75.3 Å². The van der Waals surface area contributed by atoms with Crippen LogP contribution in [0.3, 0.4) is 0 Å². The minimum atomic E-state index is -1.04. The van der Waals surface area contributed by atoms with Crippen LogP contribution in [0.25, 0.3) is 10.8 Å². The molecule has 0 radical (unpaired) electrons. The van der Waals surface area contributed by atoms with Gasteiger partial charge < -0.3 is 29.9 Å². The fraction of sp³-hybridized carbons (Fsp3) is 0.526. The molecule has 3 aromatic carbocycles. The topological polar surface area (TPSA) is 97.4 Å². The number of ether oxygens (including phenoxy) is 1. The lowest BCUT2D eigenvalue weighted by Crippen LogP contribution is -2.58. The minimum absolute atomic E-state index is 0.126. The maximum absolute atomic E-state index is 14.5. The fourth-order valence-electron chi connectivity index (χ4n) is 7.04. The van der Waals surface area contributed by atoms with Crippen LogP contribution in [0.5, 0.6) is 0 Å². The summed E-state index contributed by atoms with van der Waals surface area (Å²) in [6, 6.07) is 19.4. The first-order valence-electron chi connectivity index (χ1n) is 17.4. The Morgan fingerprint density at radius 3 is 2.46 bits per heavy atom. The molecule has 5 rings (SSSR count). The Hall–Kier alpha value is -3.41. The first-order valence-corrected chi connectivity index (χ1v) is 17.4. The second-order valence-corrected chi connectivity index (χ2v) is 13.5. The van der Waals surface area contributed by atoms with Gasteiger partial charge in [0.15, 0.2) is 0 Å². The van der Waals surface area contributed by atoms with E-state index in [0.717, 1.165) is 60.7 Å². The van der Waals surface area contributed by atoms with E-state index in [1.54, 1.807) is 31.1 Å². The van der Waals surface area contributed by atoms with Gasteiger partial charge in [0.2, 0.25) is 11.8 Å². The van der Waals surface area contributed by atoms with Crippen molar-refractivity contribution in [3.63, 3.8) is 0 Å². The van der Waals surface area contributed by atoms with Gasteiger partial charge in [0.05, 0.1) is 12.6 Å². The average molecular weight is 662 g/mol. The number of aliphatic hydroxyl groups is 1. The molecule has 48 heavy (non-hydrogen) atoms. The summed E-state index contributed by atoms with van der Waals surface area (Å²) in [4.78, 5) is 33.4. The predicted octanol–water partition coefficient (Wildman–Crippen LogP) is 3.58. The molecule has 5 atom stereocenters. The standard InChI is InChI=1S/C38H52FN5O4/c1-42-21-7-11-33(42)18-20-41-37(46)34(23-27-13-16-31(39)17-14-27)44(3)38(47)35(24-28-12-15-29-8-4-5-9-30(29)22-28)43(2)36(45)26-48-25-32-10-6-19-40-32/h4-5,8-9,12-17,22,32-35,37,40-41,46H,6-7,10-11,18-21,23-26H2,1-3H3/t32-,33?,34+,35+,37?/m0/s1. The maximum Gasteiger partial charge on any atom is 0.249 e. The summed E-state index contributed by atoms with van der Waals surface area (Å²) in [5.41, 5.74) is 1.72. The monoisotopic (exact) mass is 661 g/mol. The molecule has 0 saturated carbocycles. The van der Waals surface area contributed by atoms with Crippen LogP contribution in [0.1, 0.15) is 43.2 Å². The zero-order valence-corrected chi connectivity index (χ0v) is 28.6. The van der Waals surface area contributed by atoms with Crippen molar-refractivity contribution in [3.8, 4) is 0 Å². The highest BCUT2D eigenvalue weighted by Gasteiger charge is 2.35. The van der Waals surface area contributed by atoms with Crippen LogP contribution in [-0.4, -0.2) is 116 Å². The number of halogens is 1. The predicted molar refractivity (Wildman–Crippen MR) is 187 cm³/mol. The summed E-state index contributed by atoms with van der Waals surface area (Å²) in [6.45, 7) is 2.93. The highest BCUT2D eigenvalue weighted by Crippen LogP contribution is 2.21. The number of hydrogen-bond donors (Lipinski definition) is 3. The largest absolute Gasteiger partial charge is 0.376 e. The second-order valence-electron chi connectivity index (χ2n) is 13.5. The lowest BCUT2D eigenvalue weighted by atomic mass is 9.98.